The molecule has 1 atom stereocenters. The molecule has 3 aromatic rings. The number of esters is 1. The molecule has 0 spiro atoms. The van der Waals surface area contributed by atoms with Crippen LogP contribution in [0, 0.1) is 0 Å². The largest absolute Gasteiger partial charge is 0.445 e. The zero-order chi connectivity index (χ0) is 18.9. The molecular weight excluding hydrogens is 360 g/mol. The fourth-order valence-electron chi connectivity index (χ4n) is 3.13. The van der Waals surface area contributed by atoms with Gasteiger partial charge in [0.2, 0.25) is 0 Å². The molecule has 4 rings (SSSR count). The molecule has 1 N–H and O–H groups in total. The molecule has 1 aliphatic rings. The van der Waals surface area contributed by atoms with Crippen molar-refractivity contribution in [2.45, 2.75) is 25.4 Å². The van der Waals surface area contributed by atoms with Crippen molar-refractivity contribution >= 4 is 28.3 Å². The first-order valence-corrected chi connectivity index (χ1v) is 9.46. The molecule has 2 heterocycles. The van der Waals surface area contributed by atoms with Crippen LogP contribution in [0.1, 0.15) is 33.3 Å². The number of aromatic nitrogens is 1. The van der Waals surface area contributed by atoms with Crippen LogP contribution >= 0.6 is 11.3 Å². The summed E-state index contributed by atoms with van der Waals surface area (Å²) >= 11 is 1.42. The van der Waals surface area contributed by atoms with E-state index in [0.29, 0.717) is 17.1 Å². The summed E-state index contributed by atoms with van der Waals surface area (Å²) in [4.78, 5) is 30.4. The standard InChI is InChI=1S/C21H18N2O3S/c1-21(12-15-9-5-6-10-17(15)18(24)26-21)19(25)23-20-22-13-16(27-20)11-14-7-3-2-4-8-14/h2-10,13H,11-12H2,1H3,(H,22,23,25). The molecule has 1 aromatic heterocycles. The number of carbonyl (C=O) groups is 2. The number of fused-ring (bicyclic) bond motifs is 1. The summed E-state index contributed by atoms with van der Waals surface area (Å²) in [5.74, 6) is -0.843. The van der Waals surface area contributed by atoms with Crippen LogP contribution in [0.25, 0.3) is 0 Å². The Bertz CT molecular complexity index is 999. The van der Waals surface area contributed by atoms with Crippen LogP contribution in [-0.2, 0) is 22.4 Å². The number of nitrogens with one attached hydrogen (secondary N) is 1. The normalized spacial score (nSPS) is 18.5. The highest BCUT2D eigenvalue weighted by atomic mass is 32.1. The van der Waals surface area contributed by atoms with Crippen molar-refractivity contribution in [1.82, 2.24) is 4.98 Å². The number of ether oxygens (including phenoxy) is 1. The molecule has 6 heteroatoms. The number of cyclic esters (lactones) is 1. The summed E-state index contributed by atoms with van der Waals surface area (Å²) in [5.41, 5.74) is 1.26. The number of hydrogen-bond acceptors (Lipinski definition) is 5. The minimum Gasteiger partial charge on any atom is -0.445 e. The highest BCUT2D eigenvalue weighted by Gasteiger charge is 2.42. The van der Waals surface area contributed by atoms with Gasteiger partial charge in [-0.15, -0.1) is 11.3 Å². The van der Waals surface area contributed by atoms with Crippen molar-refractivity contribution in [1.29, 1.82) is 0 Å². The van der Waals surface area contributed by atoms with E-state index in [4.69, 9.17) is 4.74 Å². The van der Waals surface area contributed by atoms with E-state index in [1.807, 2.05) is 30.3 Å². The molecule has 0 saturated carbocycles. The summed E-state index contributed by atoms with van der Waals surface area (Å²) in [5, 5.41) is 3.30. The van der Waals surface area contributed by atoms with Gasteiger partial charge in [0.05, 0.1) is 5.56 Å². The summed E-state index contributed by atoms with van der Waals surface area (Å²) in [6.07, 6.45) is 2.86. The van der Waals surface area contributed by atoms with Gasteiger partial charge >= 0.3 is 5.97 Å². The SMILES string of the molecule is CC1(C(=O)Nc2ncc(Cc3ccccc3)s2)Cc2ccccc2C(=O)O1. The van der Waals surface area contributed by atoms with Gasteiger partial charge in [0.25, 0.3) is 5.91 Å². The van der Waals surface area contributed by atoms with Crippen LogP contribution in [0.5, 0.6) is 0 Å². The topological polar surface area (TPSA) is 68.3 Å². The number of rotatable bonds is 4. The van der Waals surface area contributed by atoms with Crippen molar-refractivity contribution < 1.29 is 14.3 Å². The highest BCUT2D eigenvalue weighted by molar-refractivity contribution is 7.15. The van der Waals surface area contributed by atoms with E-state index in [1.54, 1.807) is 25.3 Å². The summed E-state index contributed by atoms with van der Waals surface area (Å²) < 4.78 is 5.46. The van der Waals surface area contributed by atoms with E-state index < -0.39 is 11.6 Å². The molecule has 0 bridgehead atoms. The van der Waals surface area contributed by atoms with E-state index in [-0.39, 0.29) is 5.91 Å². The third-order valence-corrected chi connectivity index (χ3v) is 5.47. The maximum absolute atomic E-state index is 12.8. The maximum Gasteiger partial charge on any atom is 0.339 e. The molecule has 0 saturated heterocycles. The Balaban J connectivity index is 1.47. The first kappa shape index (κ1) is 17.4. The first-order valence-electron chi connectivity index (χ1n) is 8.65. The van der Waals surface area contributed by atoms with E-state index in [1.165, 1.54) is 16.9 Å². The number of thiazole rings is 1. The Morgan fingerprint density at radius 3 is 2.74 bits per heavy atom. The third-order valence-electron chi connectivity index (χ3n) is 4.56. The lowest BCUT2D eigenvalue weighted by molar-refractivity contribution is -0.134. The number of anilines is 1. The van der Waals surface area contributed by atoms with Crippen LogP contribution in [0.3, 0.4) is 0 Å². The van der Waals surface area contributed by atoms with Crippen molar-refractivity contribution in [3.05, 3.63) is 82.4 Å². The molecule has 2 aromatic carbocycles. The number of carbonyl (C=O) groups excluding carboxylic acids is 2. The Morgan fingerprint density at radius 2 is 1.93 bits per heavy atom. The molecule has 1 aliphatic heterocycles. The first-order chi connectivity index (χ1) is 13.0. The number of benzene rings is 2. The van der Waals surface area contributed by atoms with Gasteiger partial charge in [-0.2, -0.15) is 0 Å². The van der Waals surface area contributed by atoms with Crippen molar-refractivity contribution in [3.8, 4) is 0 Å². The van der Waals surface area contributed by atoms with Gasteiger partial charge < -0.3 is 4.74 Å². The quantitative estimate of drug-likeness (QED) is 0.701. The Morgan fingerprint density at radius 1 is 1.19 bits per heavy atom. The summed E-state index contributed by atoms with van der Waals surface area (Å²) in [7, 11) is 0. The van der Waals surface area contributed by atoms with Gasteiger partial charge in [0.15, 0.2) is 10.7 Å². The van der Waals surface area contributed by atoms with Crippen LogP contribution in [0.15, 0.2) is 60.8 Å². The second kappa shape index (κ2) is 6.96. The average molecular weight is 378 g/mol. The lowest BCUT2D eigenvalue weighted by atomic mass is 9.89. The Kier molecular flexibility index (Phi) is 4.49. The molecule has 136 valence electrons. The molecule has 27 heavy (non-hydrogen) atoms. The molecule has 1 amide bonds. The predicted molar refractivity (Wildman–Crippen MR) is 104 cm³/mol. The van der Waals surface area contributed by atoms with E-state index in [9.17, 15) is 9.59 Å². The molecule has 1 unspecified atom stereocenters. The zero-order valence-corrected chi connectivity index (χ0v) is 15.6. The predicted octanol–water partition coefficient (Wildman–Crippen LogP) is 3.84. The van der Waals surface area contributed by atoms with Crippen LogP contribution in [0.4, 0.5) is 5.13 Å². The van der Waals surface area contributed by atoms with Gasteiger partial charge in [-0.1, -0.05) is 48.5 Å². The second-order valence-electron chi connectivity index (χ2n) is 6.70. The van der Waals surface area contributed by atoms with Gasteiger partial charge in [-0.3, -0.25) is 10.1 Å². The van der Waals surface area contributed by atoms with E-state index in [2.05, 4.69) is 22.4 Å². The van der Waals surface area contributed by atoms with E-state index in [0.717, 1.165) is 16.9 Å². The fourth-order valence-corrected chi connectivity index (χ4v) is 3.97. The van der Waals surface area contributed by atoms with Gasteiger partial charge in [-0.05, 0) is 24.1 Å². The van der Waals surface area contributed by atoms with Gasteiger partial charge in [0.1, 0.15) is 0 Å². The third kappa shape index (κ3) is 3.61. The lowest BCUT2D eigenvalue weighted by Gasteiger charge is -2.32. The van der Waals surface area contributed by atoms with Crippen LogP contribution < -0.4 is 5.32 Å². The molecular formula is C21H18N2O3S. The summed E-state index contributed by atoms with van der Waals surface area (Å²) in [6.45, 7) is 1.63. The molecule has 5 nitrogen and oxygen atoms in total. The lowest BCUT2D eigenvalue weighted by Crippen LogP contribution is -2.48. The Hall–Kier alpha value is -2.99. The minimum absolute atomic E-state index is 0.336. The van der Waals surface area contributed by atoms with Gasteiger partial charge in [0, 0.05) is 23.9 Å². The smallest absolute Gasteiger partial charge is 0.339 e. The molecule has 0 fully saturated rings. The van der Waals surface area contributed by atoms with Crippen molar-refractivity contribution in [2.24, 2.45) is 0 Å². The zero-order valence-electron chi connectivity index (χ0n) is 14.8. The van der Waals surface area contributed by atoms with Crippen LogP contribution in [-0.4, -0.2) is 22.5 Å². The second-order valence-corrected chi connectivity index (χ2v) is 7.82. The Labute approximate surface area is 161 Å². The maximum atomic E-state index is 12.8. The fraction of sp³-hybridized carbons (Fsp3) is 0.190. The van der Waals surface area contributed by atoms with Gasteiger partial charge in [-0.25, -0.2) is 9.78 Å². The average Bonchev–Trinajstić information content (AvgIpc) is 3.09. The highest BCUT2D eigenvalue weighted by Crippen LogP contribution is 2.30. The van der Waals surface area contributed by atoms with Crippen molar-refractivity contribution in [3.63, 3.8) is 0 Å². The minimum atomic E-state index is -1.25. The number of amides is 1. The summed E-state index contributed by atoms with van der Waals surface area (Å²) in [6, 6.07) is 17.3. The number of nitrogens with zero attached hydrogens (tertiary/aromatic N) is 1. The molecule has 0 radical (unpaired) electrons. The van der Waals surface area contributed by atoms with Crippen LogP contribution in [0.2, 0.25) is 0 Å². The molecule has 0 aliphatic carbocycles. The monoisotopic (exact) mass is 378 g/mol. The van der Waals surface area contributed by atoms with Crippen molar-refractivity contribution in [2.75, 3.05) is 5.32 Å². The van der Waals surface area contributed by atoms with E-state index >= 15 is 0 Å². The number of hydrogen-bond donors (Lipinski definition) is 1.